The van der Waals surface area contributed by atoms with Gasteiger partial charge in [-0.2, -0.15) is 0 Å². The summed E-state index contributed by atoms with van der Waals surface area (Å²) in [6.07, 6.45) is 4.69. The van der Waals surface area contributed by atoms with Gasteiger partial charge in [-0.05, 0) is 56.3 Å². The highest BCUT2D eigenvalue weighted by atomic mass is 16.1. The van der Waals surface area contributed by atoms with E-state index in [2.05, 4.69) is 21.6 Å². The molecule has 112 valence electrons. The van der Waals surface area contributed by atoms with Gasteiger partial charge in [-0.15, -0.1) is 0 Å². The largest absolute Gasteiger partial charge is 0.384 e. The maximum absolute atomic E-state index is 12.7. The Balaban J connectivity index is 1.53. The van der Waals surface area contributed by atoms with Gasteiger partial charge >= 0.3 is 0 Å². The summed E-state index contributed by atoms with van der Waals surface area (Å²) in [5.41, 5.74) is 3.16. The van der Waals surface area contributed by atoms with Crippen LogP contribution < -0.4 is 10.6 Å². The molecule has 0 spiro atoms. The van der Waals surface area contributed by atoms with Gasteiger partial charge in [0.05, 0.1) is 11.3 Å². The molecule has 4 heterocycles. The average molecular weight is 285 g/mol. The number of nitrogens with one attached hydrogen (secondary N) is 2. The van der Waals surface area contributed by atoms with Crippen LogP contribution in [0.1, 0.15) is 35.2 Å². The molecular weight excluding hydrogens is 262 g/mol. The minimum Gasteiger partial charge on any atom is -0.384 e. The minimum atomic E-state index is 0.0972. The second kappa shape index (κ2) is 5.34. The van der Waals surface area contributed by atoms with Crippen LogP contribution in [-0.2, 0) is 6.42 Å². The molecule has 2 N–H and O–H groups in total. The van der Waals surface area contributed by atoms with Crippen molar-refractivity contribution in [2.24, 2.45) is 5.92 Å². The van der Waals surface area contributed by atoms with Gasteiger partial charge < -0.3 is 15.5 Å². The van der Waals surface area contributed by atoms with Gasteiger partial charge in [0.1, 0.15) is 0 Å². The van der Waals surface area contributed by atoms with Crippen molar-refractivity contribution in [2.75, 3.05) is 31.5 Å². The number of hydrogen-bond acceptors (Lipinski definition) is 3. The molecule has 0 radical (unpaired) electrons. The van der Waals surface area contributed by atoms with Crippen LogP contribution in [0.15, 0.2) is 18.2 Å². The fraction of sp³-hybridized carbons (Fsp3) is 0.588. The molecule has 3 fully saturated rings. The molecule has 1 unspecified atom stereocenters. The molecule has 5 rings (SSSR count). The van der Waals surface area contributed by atoms with Crippen molar-refractivity contribution >= 4 is 11.6 Å². The van der Waals surface area contributed by atoms with Crippen LogP contribution in [0.2, 0.25) is 0 Å². The Labute approximate surface area is 125 Å². The summed E-state index contributed by atoms with van der Waals surface area (Å²) < 4.78 is 0. The number of aryl methyl sites for hydroxylation is 1. The lowest BCUT2D eigenvalue weighted by molar-refractivity contribution is 0.0621. The summed E-state index contributed by atoms with van der Waals surface area (Å²) in [5, 5.41) is 6.71. The van der Waals surface area contributed by atoms with E-state index in [0.717, 1.165) is 37.2 Å². The average Bonchev–Trinajstić information content (AvgIpc) is 2.55. The molecule has 4 aliphatic rings. The van der Waals surface area contributed by atoms with Gasteiger partial charge in [0.2, 0.25) is 0 Å². The first-order valence-electron chi connectivity index (χ1n) is 8.20. The Morgan fingerprint density at radius 3 is 2.90 bits per heavy atom. The molecule has 4 nitrogen and oxygen atoms in total. The number of anilines is 1. The summed E-state index contributed by atoms with van der Waals surface area (Å²) in [6, 6.07) is 6.43. The number of carbonyl (C=O) groups is 1. The van der Waals surface area contributed by atoms with E-state index >= 15 is 0 Å². The number of fused-ring (bicyclic) bond motifs is 4. The molecule has 4 aliphatic heterocycles. The van der Waals surface area contributed by atoms with E-state index in [1.165, 1.54) is 31.5 Å². The van der Waals surface area contributed by atoms with E-state index < -0.39 is 0 Å². The highest BCUT2D eigenvalue weighted by Crippen LogP contribution is 2.29. The molecular formula is C17H23N3O. The lowest BCUT2D eigenvalue weighted by Crippen LogP contribution is -2.57. The zero-order chi connectivity index (χ0) is 14.2. The summed E-state index contributed by atoms with van der Waals surface area (Å²) in [4.78, 5) is 15.2. The summed E-state index contributed by atoms with van der Waals surface area (Å²) in [6.45, 7) is 4.41. The van der Waals surface area contributed by atoms with E-state index in [0.29, 0.717) is 12.0 Å². The molecule has 0 aliphatic carbocycles. The van der Waals surface area contributed by atoms with Gasteiger partial charge in [-0.1, -0.05) is 12.1 Å². The van der Waals surface area contributed by atoms with Crippen LogP contribution in [0.4, 0.5) is 5.69 Å². The highest BCUT2D eigenvalue weighted by Gasteiger charge is 2.35. The van der Waals surface area contributed by atoms with Crippen LogP contribution >= 0.6 is 0 Å². The Morgan fingerprint density at radius 2 is 2.14 bits per heavy atom. The summed E-state index contributed by atoms with van der Waals surface area (Å²) in [5.74, 6) is 0.770. The lowest BCUT2D eigenvalue weighted by atomic mass is 9.84. The van der Waals surface area contributed by atoms with Crippen molar-refractivity contribution in [3.8, 4) is 0 Å². The van der Waals surface area contributed by atoms with Crippen LogP contribution in [-0.4, -0.2) is 43.0 Å². The molecule has 3 saturated heterocycles. The van der Waals surface area contributed by atoms with Crippen molar-refractivity contribution in [2.45, 2.75) is 31.7 Å². The normalized spacial score (nSPS) is 30.4. The summed E-state index contributed by atoms with van der Waals surface area (Å²) >= 11 is 0. The van der Waals surface area contributed by atoms with E-state index in [-0.39, 0.29) is 5.91 Å². The monoisotopic (exact) mass is 285 g/mol. The third-order valence-corrected chi connectivity index (χ3v) is 5.29. The zero-order valence-electron chi connectivity index (χ0n) is 12.4. The summed E-state index contributed by atoms with van der Waals surface area (Å²) in [7, 11) is 0. The van der Waals surface area contributed by atoms with E-state index in [9.17, 15) is 4.79 Å². The smallest absolute Gasteiger partial charge is 0.253 e. The molecule has 4 heteroatoms. The first-order valence-corrected chi connectivity index (χ1v) is 8.20. The second-order valence-electron chi connectivity index (χ2n) is 6.59. The molecule has 0 aromatic heterocycles. The first kappa shape index (κ1) is 13.1. The Morgan fingerprint density at radius 1 is 1.29 bits per heavy atom. The van der Waals surface area contributed by atoms with Crippen LogP contribution in [0.3, 0.4) is 0 Å². The predicted molar refractivity (Wildman–Crippen MR) is 83.7 cm³/mol. The van der Waals surface area contributed by atoms with Crippen molar-refractivity contribution in [3.63, 3.8) is 0 Å². The van der Waals surface area contributed by atoms with Gasteiger partial charge in [0.25, 0.3) is 5.91 Å². The Kier molecular flexibility index (Phi) is 3.34. The third-order valence-electron chi connectivity index (χ3n) is 5.29. The van der Waals surface area contributed by atoms with Crippen molar-refractivity contribution in [1.82, 2.24) is 10.2 Å². The fourth-order valence-corrected chi connectivity index (χ4v) is 4.07. The molecule has 1 aromatic rings. The van der Waals surface area contributed by atoms with Gasteiger partial charge in [0, 0.05) is 19.1 Å². The number of para-hydroxylation sites is 1. The zero-order valence-corrected chi connectivity index (χ0v) is 12.4. The van der Waals surface area contributed by atoms with E-state index in [4.69, 9.17) is 0 Å². The number of benzene rings is 1. The molecule has 21 heavy (non-hydrogen) atoms. The lowest BCUT2D eigenvalue weighted by Gasteiger charge is -2.45. The maximum atomic E-state index is 12.7. The molecule has 1 atom stereocenters. The number of carbonyl (C=O) groups excluding carboxylic acids is 1. The fourth-order valence-electron chi connectivity index (χ4n) is 4.07. The molecule has 1 aromatic carbocycles. The maximum Gasteiger partial charge on any atom is 0.253 e. The van der Waals surface area contributed by atoms with E-state index in [1.807, 2.05) is 12.1 Å². The van der Waals surface area contributed by atoms with Crippen molar-refractivity contribution in [3.05, 3.63) is 29.3 Å². The van der Waals surface area contributed by atoms with Gasteiger partial charge in [0.15, 0.2) is 0 Å². The minimum absolute atomic E-state index is 0.0972. The van der Waals surface area contributed by atoms with Crippen LogP contribution in [0.5, 0.6) is 0 Å². The third kappa shape index (κ3) is 2.42. The number of piperidine rings is 3. The number of hydrogen-bond donors (Lipinski definition) is 2. The number of rotatable bonds is 2. The van der Waals surface area contributed by atoms with Crippen LogP contribution in [0.25, 0.3) is 0 Å². The SMILES string of the molecule is O=C(NC1CN2CCC1CC2)c1cccc2c1NCCC2. The topological polar surface area (TPSA) is 44.4 Å². The Hall–Kier alpha value is -1.55. The first-order chi connectivity index (χ1) is 10.3. The molecule has 1 amide bonds. The van der Waals surface area contributed by atoms with E-state index in [1.54, 1.807) is 0 Å². The standard InChI is InChI=1S/C17H23N3O/c21-17(19-15-11-20-9-6-12(15)7-10-20)14-5-1-3-13-4-2-8-18-16(13)14/h1,3,5,12,15,18H,2,4,6-11H2,(H,19,21). The quantitative estimate of drug-likeness (QED) is 0.872. The predicted octanol–water partition coefficient (Wildman–Crippen LogP) is 1.87. The van der Waals surface area contributed by atoms with Crippen molar-refractivity contribution < 1.29 is 4.79 Å². The van der Waals surface area contributed by atoms with Crippen molar-refractivity contribution in [1.29, 1.82) is 0 Å². The number of nitrogens with zero attached hydrogens (tertiary/aromatic N) is 1. The molecule has 0 saturated carbocycles. The number of amides is 1. The second-order valence-corrected chi connectivity index (χ2v) is 6.59. The van der Waals surface area contributed by atoms with Gasteiger partial charge in [-0.3, -0.25) is 4.79 Å². The Bertz CT molecular complexity index is 549. The van der Waals surface area contributed by atoms with Gasteiger partial charge in [-0.25, -0.2) is 0 Å². The van der Waals surface area contributed by atoms with Crippen LogP contribution in [0, 0.1) is 5.92 Å². The highest BCUT2D eigenvalue weighted by molar-refractivity contribution is 6.00. The molecule has 2 bridgehead atoms.